The van der Waals surface area contributed by atoms with Gasteiger partial charge in [0.25, 0.3) is 0 Å². The summed E-state index contributed by atoms with van der Waals surface area (Å²) in [4.78, 5) is 23.3. The normalized spacial score (nSPS) is 23.9. The van der Waals surface area contributed by atoms with Crippen LogP contribution >= 0.6 is 11.3 Å². The first-order valence-corrected chi connectivity index (χ1v) is 11.1. The summed E-state index contributed by atoms with van der Waals surface area (Å²) in [6.45, 7) is 6.60. The second-order valence-electron chi connectivity index (χ2n) is 8.96. The van der Waals surface area contributed by atoms with Crippen molar-refractivity contribution < 1.29 is 4.74 Å². The molecule has 1 aromatic carbocycles. The van der Waals surface area contributed by atoms with Crippen LogP contribution in [0.1, 0.15) is 42.4 Å². The number of ether oxygens (including phenoxy) is 1. The van der Waals surface area contributed by atoms with Crippen LogP contribution in [0.25, 0.3) is 10.9 Å². The predicted octanol–water partition coefficient (Wildman–Crippen LogP) is 4.85. The van der Waals surface area contributed by atoms with Gasteiger partial charge in [0, 0.05) is 23.6 Å². The number of nitroso groups, excluding NO2 is 1. The van der Waals surface area contributed by atoms with E-state index >= 15 is 0 Å². The summed E-state index contributed by atoms with van der Waals surface area (Å²) in [5.74, 6) is 0. The van der Waals surface area contributed by atoms with Crippen molar-refractivity contribution in [2.45, 2.75) is 45.2 Å². The molecule has 1 fully saturated rings. The minimum Gasteiger partial charge on any atom is -0.377 e. The molecular weight excluding hydrogens is 384 g/mol. The molecule has 0 radical (unpaired) electrons. The van der Waals surface area contributed by atoms with E-state index in [2.05, 4.69) is 59.4 Å². The van der Waals surface area contributed by atoms with Crippen molar-refractivity contribution in [2.24, 2.45) is 10.6 Å². The molecule has 1 N–H and O–H groups in total. The first kappa shape index (κ1) is 18.8. The third-order valence-electron chi connectivity index (χ3n) is 6.14. The molecule has 0 amide bonds. The molecule has 1 saturated heterocycles. The van der Waals surface area contributed by atoms with Crippen molar-refractivity contribution in [1.82, 2.24) is 9.97 Å². The van der Waals surface area contributed by atoms with Crippen molar-refractivity contribution >= 4 is 27.4 Å². The van der Waals surface area contributed by atoms with Gasteiger partial charge in [-0.3, -0.25) is 0 Å². The summed E-state index contributed by atoms with van der Waals surface area (Å²) in [6, 6.07) is 8.37. The highest BCUT2D eigenvalue weighted by molar-refractivity contribution is 7.15. The molecule has 0 bridgehead atoms. The quantitative estimate of drug-likeness (QED) is 0.624. The van der Waals surface area contributed by atoms with Gasteiger partial charge in [-0.25, -0.2) is 4.98 Å². The second-order valence-corrected chi connectivity index (χ2v) is 9.97. The maximum absolute atomic E-state index is 11.5. The van der Waals surface area contributed by atoms with Crippen LogP contribution in [0.4, 0.5) is 5.13 Å². The summed E-state index contributed by atoms with van der Waals surface area (Å²) in [5, 5.41) is 5.71. The Balaban J connectivity index is 1.45. The van der Waals surface area contributed by atoms with Crippen molar-refractivity contribution in [3.63, 3.8) is 0 Å². The van der Waals surface area contributed by atoms with E-state index in [1.165, 1.54) is 10.9 Å². The summed E-state index contributed by atoms with van der Waals surface area (Å²) < 4.78 is 5.83. The minimum absolute atomic E-state index is 0.0609. The molecule has 2 aromatic heterocycles. The van der Waals surface area contributed by atoms with Crippen LogP contribution in [0.15, 0.2) is 35.6 Å². The third-order valence-corrected chi connectivity index (χ3v) is 7.38. The highest BCUT2D eigenvalue weighted by atomic mass is 32.1. The summed E-state index contributed by atoms with van der Waals surface area (Å²) in [5.41, 5.74) is 3.59. The smallest absolute Gasteiger partial charge is 0.186 e. The maximum Gasteiger partial charge on any atom is 0.186 e. The number of thiazole rings is 1. The molecule has 1 unspecified atom stereocenters. The summed E-state index contributed by atoms with van der Waals surface area (Å²) in [6.07, 6.45) is 4.71. The molecule has 29 heavy (non-hydrogen) atoms. The van der Waals surface area contributed by atoms with Gasteiger partial charge in [-0.05, 0) is 36.3 Å². The van der Waals surface area contributed by atoms with Crippen LogP contribution in [0.3, 0.4) is 0 Å². The van der Waals surface area contributed by atoms with Gasteiger partial charge in [-0.15, -0.1) is 0 Å². The van der Waals surface area contributed by atoms with Crippen molar-refractivity contribution in [2.75, 3.05) is 24.7 Å². The SMILES string of the molecule is CC1(C)Cc2nc(N3CCOC[C@@H]3Cc3c[nH]c4ccccc34)sc2C(N=O)C1. The van der Waals surface area contributed by atoms with E-state index in [1.807, 2.05) is 0 Å². The number of anilines is 1. The van der Waals surface area contributed by atoms with Crippen molar-refractivity contribution in [3.8, 4) is 0 Å². The van der Waals surface area contributed by atoms with Crippen LogP contribution < -0.4 is 4.90 Å². The van der Waals surface area contributed by atoms with Crippen molar-refractivity contribution in [3.05, 3.63) is 51.5 Å². The second kappa shape index (κ2) is 7.22. The van der Waals surface area contributed by atoms with Gasteiger partial charge in [0.15, 0.2) is 5.13 Å². The number of benzene rings is 1. The number of aromatic nitrogens is 2. The Morgan fingerprint density at radius 2 is 2.24 bits per heavy atom. The molecule has 3 heterocycles. The number of nitrogens with zero attached hydrogens (tertiary/aromatic N) is 3. The van der Waals surface area contributed by atoms with E-state index in [0.717, 1.165) is 47.0 Å². The Kier molecular flexibility index (Phi) is 4.67. The molecule has 6 nitrogen and oxygen atoms in total. The van der Waals surface area contributed by atoms with Crippen LogP contribution in [-0.4, -0.2) is 35.8 Å². The maximum atomic E-state index is 11.5. The molecule has 1 aliphatic heterocycles. The number of morpholine rings is 1. The topological polar surface area (TPSA) is 70.6 Å². The van der Waals surface area contributed by atoms with E-state index < -0.39 is 0 Å². The fraction of sp³-hybridized carbons (Fsp3) is 0.500. The number of hydrogen-bond donors (Lipinski definition) is 1. The Morgan fingerprint density at radius 1 is 1.38 bits per heavy atom. The van der Waals surface area contributed by atoms with Crippen LogP contribution in [-0.2, 0) is 17.6 Å². The molecule has 1 aliphatic carbocycles. The Morgan fingerprint density at radius 3 is 3.10 bits per heavy atom. The number of hydrogen-bond acceptors (Lipinski definition) is 6. The molecule has 5 rings (SSSR count). The predicted molar refractivity (Wildman–Crippen MR) is 117 cm³/mol. The van der Waals surface area contributed by atoms with Crippen molar-refractivity contribution in [1.29, 1.82) is 0 Å². The Labute approximate surface area is 174 Å². The molecule has 2 atom stereocenters. The van der Waals surface area contributed by atoms with E-state index in [4.69, 9.17) is 9.72 Å². The lowest BCUT2D eigenvalue weighted by Gasteiger charge is -2.35. The number of para-hydroxylation sites is 1. The number of fused-ring (bicyclic) bond motifs is 2. The fourth-order valence-electron chi connectivity index (χ4n) is 4.72. The lowest BCUT2D eigenvalue weighted by atomic mass is 9.77. The lowest BCUT2D eigenvalue weighted by molar-refractivity contribution is 0.0941. The number of aromatic amines is 1. The highest BCUT2D eigenvalue weighted by Crippen LogP contribution is 2.46. The van der Waals surface area contributed by atoms with Gasteiger partial charge in [0.2, 0.25) is 0 Å². The monoisotopic (exact) mass is 410 g/mol. The molecule has 0 saturated carbocycles. The number of nitrogens with one attached hydrogen (secondary N) is 1. The first-order valence-electron chi connectivity index (χ1n) is 10.3. The highest BCUT2D eigenvalue weighted by Gasteiger charge is 2.37. The largest absolute Gasteiger partial charge is 0.377 e. The van der Waals surface area contributed by atoms with Gasteiger partial charge in [-0.1, -0.05) is 48.6 Å². The number of H-pyrrole nitrogens is 1. The average molecular weight is 411 g/mol. The zero-order chi connectivity index (χ0) is 20.0. The Bertz CT molecular complexity index is 1040. The first-order chi connectivity index (χ1) is 14.0. The van der Waals surface area contributed by atoms with Gasteiger partial charge in [-0.2, -0.15) is 4.91 Å². The molecule has 3 aromatic rings. The van der Waals surface area contributed by atoms with Gasteiger partial charge in [0.05, 0.1) is 29.8 Å². The third kappa shape index (κ3) is 3.46. The van der Waals surface area contributed by atoms with Crippen LogP contribution in [0.2, 0.25) is 0 Å². The van der Waals surface area contributed by atoms with Crippen LogP contribution in [0, 0.1) is 10.3 Å². The zero-order valence-corrected chi connectivity index (χ0v) is 17.7. The van der Waals surface area contributed by atoms with E-state index in [9.17, 15) is 4.91 Å². The van der Waals surface area contributed by atoms with Gasteiger partial charge >= 0.3 is 0 Å². The molecule has 152 valence electrons. The Hall–Kier alpha value is -2.25. The lowest BCUT2D eigenvalue weighted by Crippen LogP contribution is -2.46. The average Bonchev–Trinajstić information content (AvgIpc) is 3.31. The van der Waals surface area contributed by atoms with Crippen LogP contribution in [0.5, 0.6) is 0 Å². The van der Waals surface area contributed by atoms with E-state index in [1.54, 1.807) is 11.3 Å². The zero-order valence-electron chi connectivity index (χ0n) is 16.9. The number of rotatable bonds is 4. The van der Waals surface area contributed by atoms with Gasteiger partial charge in [0.1, 0.15) is 6.04 Å². The van der Waals surface area contributed by atoms with E-state index in [0.29, 0.717) is 13.2 Å². The summed E-state index contributed by atoms with van der Waals surface area (Å²) >= 11 is 1.65. The fourth-order valence-corrected chi connectivity index (χ4v) is 5.93. The molecule has 2 aliphatic rings. The standard InChI is InChI=1S/C22H26N4O2S/c1-22(2)10-18-20(19(11-22)25-27)29-21(24-18)26-7-8-28-13-15(26)9-14-12-23-17-6-4-3-5-16(14)17/h3-6,12,15,19,23H,7-11,13H2,1-2H3/t15-,19?/m0/s1. The molecule has 0 spiro atoms. The molecule has 7 heteroatoms. The minimum atomic E-state index is -0.270. The molecular formula is C22H26N4O2S. The van der Waals surface area contributed by atoms with E-state index in [-0.39, 0.29) is 17.5 Å². The van der Waals surface area contributed by atoms with Gasteiger partial charge < -0.3 is 14.6 Å². The summed E-state index contributed by atoms with van der Waals surface area (Å²) in [7, 11) is 0.